The van der Waals surface area contributed by atoms with Crippen LogP contribution in [0.5, 0.6) is 5.75 Å². The topological polar surface area (TPSA) is 64.6 Å². The smallest absolute Gasteiger partial charge is 0.341 e. The number of aryl methyl sites for hydroxylation is 2. The van der Waals surface area contributed by atoms with Gasteiger partial charge in [0.1, 0.15) is 16.3 Å². The van der Waals surface area contributed by atoms with Gasteiger partial charge in [0.05, 0.1) is 7.11 Å². The third kappa shape index (κ3) is 5.03. The molecule has 0 saturated heterocycles. The molecular weight excluding hydrogens is 490 g/mol. The molecule has 0 radical (unpaired) electrons. The molecule has 2 aromatic carbocycles. The standard InChI is InChI=1S/C22H19BrClNO4S/c1-12-10-16(8-9-17(12)24)29-11-18(26)25-21-20(22(27)28-3)19(13(2)30-21)14-4-6-15(23)7-5-14/h4-10H,11H2,1-3H3,(H,25,26). The lowest BCUT2D eigenvalue weighted by Gasteiger charge is -2.10. The Morgan fingerprint density at radius 3 is 2.47 bits per heavy atom. The number of hydrogen-bond acceptors (Lipinski definition) is 5. The number of methoxy groups -OCH3 is 1. The zero-order valence-electron chi connectivity index (χ0n) is 16.5. The molecule has 0 aliphatic rings. The molecule has 156 valence electrons. The summed E-state index contributed by atoms with van der Waals surface area (Å²) in [7, 11) is 1.32. The fourth-order valence-electron chi connectivity index (χ4n) is 2.91. The first kappa shape index (κ1) is 22.3. The Morgan fingerprint density at radius 1 is 1.13 bits per heavy atom. The van der Waals surface area contributed by atoms with Crippen molar-refractivity contribution in [2.75, 3.05) is 19.0 Å². The van der Waals surface area contributed by atoms with E-state index in [1.807, 2.05) is 38.1 Å². The second kappa shape index (κ2) is 9.64. The van der Waals surface area contributed by atoms with Gasteiger partial charge in [-0.1, -0.05) is 39.7 Å². The fraction of sp³-hybridized carbons (Fsp3) is 0.182. The number of carbonyl (C=O) groups is 2. The van der Waals surface area contributed by atoms with E-state index in [0.29, 0.717) is 21.3 Å². The molecule has 0 aliphatic heterocycles. The number of rotatable bonds is 6. The minimum atomic E-state index is -0.512. The monoisotopic (exact) mass is 507 g/mol. The van der Waals surface area contributed by atoms with E-state index in [0.717, 1.165) is 26.0 Å². The van der Waals surface area contributed by atoms with E-state index in [-0.39, 0.29) is 12.5 Å². The number of hydrogen-bond donors (Lipinski definition) is 1. The van der Waals surface area contributed by atoms with Crippen molar-refractivity contribution in [3.05, 3.63) is 68.0 Å². The van der Waals surface area contributed by atoms with E-state index in [1.54, 1.807) is 18.2 Å². The van der Waals surface area contributed by atoms with E-state index < -0.39 is 5.97 Å². The maximum atomic E-state index is 12.5. The molecule has 1 N–H and O–H groups in total. The van der Waals surface area contributed by atoms with Crippen LogP contribution in [0.1, 0.15) is 20.8 Å². The molecule has 3 rings (SSSR count). The summed E-state index contributed by atoms with van der Waals surface area (Å²) >= 11 is 10.7. The molecular formula is C22H19BrClNO4S. The number of anilines is 1. The molecule has 1 heterocycles. The van der Waals surface area contributed by atoms with Crippen LogP contribution in [-0.2, 0) is 9.53 Å². The van der Waals surface area contributed by atoms with Gasteiger partial charge in [-0.2, -0.15) is 0 Å². The Balaban J connectivity index is 1.83. The predicted molar refractivity (Wildman–Crippen MR) is 124 cm³/mol. The maximum absolute atomic E-state index is 12.5. The largest absolute Gasteiger partial charge is 0.484 e. The average molecular weight is 509 g/mol. The summed E-state index contributed by atoms with van der Waals surface area (Å²) in [6.07, 6.45) is 0. The molecule has 0 saturated carbocycles. The van der Waals surface area contributed by atoms with Gasteiger partial charge in [-0.3, -0.25) is 4.79 Å². The molecule has 0 fully saturated rings. The average Bonchev–Trinajstić information content (AvgIpc) is 3.04. The molecule has 5 nitrogen and oxygen atoms in total. The Hall–Kier alpha value is -2.35. The Morgan fingerprint density at radius 2 is 1.83 bits per heavy atom. The van der Waals surface area contributed by atoms with Crippen LogP contribution in [0.25, 0.3) is 11.1 Å². The van der Waals surface area contributed by atoms with Gasteiger partial charge in [-0.05, 0) is 55.3 Å². The van der Waals surface area contributed by atoms with Crippen molar-refractivity contribution in [2.45, 2.75) is 13.8 Å². The van der Waals surface area contributed by atoms with Gasteiger partial charge < -0.3 is 14.8 Å². The van der Waals surface area contributed by atoms with Gasteiger partial charge >= 0.3 is 5.97 Å². The molecule has 30 heavy (non-hydrogen) atoms. The number of ether oxygens (including phenoxy) is 2. The van der Waals surface area contributed by atoms with Gasteiger partial charge in [0.15, 0.2) is 6.61 Å². The Bertz CT molecular complexity index is 1100. The highest BCUT2D eigenvalue weighted by Crippen LogP contribution is 2.40. The molecule has 0 unspecified atom stereocenters. The lowest BCUT2D eigenvalue weighted by atomic mass is 10.0. The minimum absolute atomic E-state index is 0.202. The van der Waals surface area contributed by atoms with E-state index in [4.69, 9.17) is 21.1 Å². The summed E-state index contributed by atoms with van der Waals surface area (Å²) in [6.45, 7) is 3.55. The Labute approximate surface area is 192 Å². The van der Waals surface area contributed by atoms with Crippen LogP contribution < -0.4 is 10.1 Å². The van der Waals surface area contributed by atoms with Crippen LogP contribution in [0.2, 0.25) is 5.02 Å². The van der Waals surface area contributed by atoms with Crippen molar-refractivity contribution in [2.24, 2.45) is 0 Å². The lowest BCUT2D eigenvalue weighted by molar-refractivity contribution is -0.118. The first-order valence-corrected chi connectivity index (χ1v) is 11.0. The van der Waals surface area contributed by atoms with Crippen LogP contribution in [-0.4, -0.2) is 25.6 Å². The zero-order valence-corrected chi connectivity index (χ0v) is 19.7. The number of thiophene rings is 1. The molecule has 0 bridgehead atoms. The second-order valence-corrected chi connectivity index (χ2v) is 9.03. The number of nitrogens with one attached hydrogen (secondary N) is 1. The van der Waals surface area contributed by atoms with Gasteiger partial charge in [-0.15, -0.1) is 11.3 Å². The van der Waals surface area contributed by atoms with E-state index in [1.165, 1.54) is 18.4 Å². The maximum Gasteiger partial charge on any atom is 0.341 e. The van der Waals surface area contributed by atoms with Crippen LogP contribution in [0.15, 0.2) is 46.9 Å². The molecule has 8 heteroatoms. The minimum Gasteiger partial charge on any atom is -0.484 e. The molecule has 0 aliphatic carbocycles. The van der Waals surface area contributed by atoms with Gasteiger partial charge in [0, 0.05) is 19.9 Å². The number of benzene rings is 2. The van der Waals surface area contributed by atoms with Gasteiger partial charge in [0.25, 0.3) is 5.91 Å². The molecule has 0 atom stereocenters. The summed E-state index contributed by atoms with van der Waals surface area (Å²) in [5.74, 6) is -0.351. The summed E-state index contributed by atoms with van der Waals surface area (Å²) < 4.78 is 11.5. The summed E-state index contributed by atoms with van der Waals surface area (Å²) in [6, 6.07) is 12.8. The van der Waals surface area contributed by atoms with E-state index in [9.17, 15) is 9.59 Å². The molecule has 3 aromatic rings. The first-order valence-electron chi connectivity index (χ1n) is 8.96. The van der Waals surface area contributed by atoms with E-state index in [2.05, 4.69) is 21.2 Å². The van der Waals surface area contributed by atoms with Crippen molar-refractivity contribution >= 4 is 55.7 Å². The van der Waals surface area contributed by atoms with Crippen molar-refractivity contribution in [1.29, 1.82) is 0 Å². The summed E-state index contributed by atoms with van der Waals surface area (Å²) in [4.78, 5) is 25.9. The number of amides is 1. The Kier molecular flexibility index (Phi) is 7.18. The van der Waals surface area contributed by atoms with Crippen LogP contribution in [0, 0.1) is 13.8 Å². The quantitative estimate of drug-likeness (QED) is 0.400. The molecule has 0 spiro atoms. The third-order valence-electron chi connectivity index (χ3n) is 4.36. The van der Waals surface area contributed by atoms with Crippen molar-refractivity contribution in [3.8, 4) is 16.9 Å². The fourth-order valence-corrected chi connectivity index (χ4v) is 4.37. The molecule has 1 amide bonds. The van der Waals surface area contributed by atoms with Crippen molar-refractivity contribution < 1.29 is 19.1 Å². The number of esters is 1. The number of carbonyl (C=O) groups excluding carboxylic acids is 2. The highest BCUT2D eigenvalue weighted by atomic mass is 79.9. The number of halogens is 2. The highest BCUT2D eigenvalue weighted by molar-refractivity contribution is 9.10. The van der Waals surface area contributed by atoms with Crippen LogP contribution in [0.4, 0.5) is 5.00 Å². The zero-order chi connectivity index (χ0) is 21.8. The van der Waals surface area contributed by atoms with Crippen LogP contribution in [0.3, 0.4) is 0 Å². The predicted octanol–water partition coefficient (Wildman–Crippen LogP) is 6.25. The van der Waals surface area contributed by atoms with Crippen molar-refractivity contribution in [3.63, 3.8) is 0 Å². The summed E-state index contributed by atoms with van der Waals surface area (Å²) in [5, 5.41) is 3.84. The normalized spacial score (nSPS) is 10.6. The molecule has 1 aromatic heterocycles. The highest BCUT2D eigenvalue weighted by Gasteiger charge is 2.25. The van der Waals surface area contributed by atoms with Crippen molar-refractivity contribution in [1.82, 2.24) is 0 Å². The second-order valence-electron chi connectivity index (χ2n) is 6.48. The first-order chi connectivity index (χ1) is 14.3. The van der Waals surface area contributed by atoms with Crippen LogP contribution >= 0.6 is 38.9 Å². The third-order valence-corrected chi connectivity index (χ3v) is 6.33. The van der Waals surface area contributed by atoms with Gasteiger partial charge in [0.2, 0.25) is 0 Å². The summed E-state index contributed by atoms with van der Waals surface area (Å²) in [5.41, 5.74) is 2.79. The van der Waals surface area contributed by atoms with E-state index >= 15 is 0 Å². The lowest BCUT2D eigenvalue weighted by Crippen LogP contribution is -2.21. The SMILES string of the molecule is COC(=O)c1c(NC(=O)COc2ccc(Cl)c(C)c2)sc(C)c1-c1ccc(Br)cc1. The van der Waals surface area contributed by atoms with Gasteiger partial charge in [-0.25, -0.2) is 4.79 Å².